The highest BCUT2D eigenvalue weighted by Gasteiger charge is 2.37. The molecule has 0 spiro atoms. The second kappa shape index (κ2) is 4.82. The van der Waals surface area contributed by atoms with Crippen LogP contribution in [0.5, 0.6) is 0 Å². The van der Waals surface area contributed by atoms with Crippen LogP contribution in [-0.2, 0) is 10.3 Å². The molecule has 2 rings (SSSR count). The van der Waals surface area contributed by atoms with Gasteiger partial charge in [-0.25, -0.2) is 4.98 Å². The van der Waals surface area contributed by atoms with Crippen LogP contribution >= 0.6 is 11.3 Å². The first-order valence-electron chi connectivity index (χ1n) is 5.84. The Hall–Kier alpha value is -0.450. The number of nitrogens with one attached hydrogen (secondary N) is 1. The van der Waals surface area contributed by atoms with E-state index in [1.165, 1.54) is 5.01 Å². The summed E-state index contributed by atoms with van der Waals surface area (Å²) in [4.78, 5) is 4.64. The highest BCUT2D eigenvalue weighted by molar-refractivity contribution is 7.09. The zero-order valence-electron chi connectivity index (χ0n) is 10.2. The summed E-state index contributed by atoms with van der Waals surface area (Å²) in [5.74, 6) is 0. The first-order chi connectivity index (χ1) is 7.70. The van der Waals surface area contributed by atoms with Gasteiger partial charge in [-0.2, -0.15) is 0 Å². The zero-order chi connectivity index (χ0) is 11.6. The minimum atomic E-state index is 0.0912. The molecule has 0 bridgehead atoms. The lowest BCUT2D eigenvalue weighted by atomic mass is 9.81. The maximum Gasteiger partial charge on any atom is 0.113 e. The third-order valence-electron chi connectivity index (χ3n) is 3.63. The number of thiazole rings is 1. The highest BCUT2D eigenvalue weighted by atomic mass is 32.1. The van der Waals surface area contributed by atoms with Crippen LogP contribution in [0.3, 0.4) is 0 Å². The van der Waals surface area contributed by atoms with Crippen LogP contribution in [0.1, 0.15) is 36.4 Å². The molecule has 1 aromatic heterocycles. The Balaban J connectivity index is 2.15. The highest BCUT2D eigenvalue weighted by Crippen LogP contribution is 2.38. The third kappa shape index (κ3) is 2.14. The predicted octanol–water partition coefficient (Wildman–Crippen LogP) is 2.46. The number of nitrogens with zero attached hydrogens (tertiary/aromatic N) is 1. The first-order valence-corrected chi connectivity index (χ1v) is 6.72. The summed E-state index contributed by atoms with van der Waals surface area (Å²) in [6.07, 6.45) is 4.91. The van der Waals surface area contributed by atoms with Gasteiger partial charge in [-0.1, -0.05) is 0 Å². The second-order valence-electron chi connectivity index (χ2n) is 4.56. The van der Waals surface area contributed by atoms with Crippen molar-refractivity contribution in [1.82, 2.24) is 10.3 Å². The molecule has 1 fully saturated rings. The average Bonchev–Trinajstić information content (AvgIpc) is 2.76. The van der Waals surface area contributed by atoms with Crippen LogP contribution in [0.15, 0.2) is 5.38 Å². The summed E-state index contributed by atoms with van der Waals surface area (Å²) in [6, 6.07) is 0. The predicted molar refractivity (Wildman–Crippen MR) is 66.9 cm³/mol. The molecule has 90 valence electrons. The van der Waals surface area contributed by atoms with Crippen LogP contribution < -0.4 is 5.32 Å². The third-order valence-corrected chi connectivity index (χ3v) is 4.79. The van der Waals surface area contributed by atoms with Gasteiger partial charge in [0.2, 0.25) is 0 Å². The van der Waals surface area contributed by atoms with E-state index < -0.39 is 0 Å². The van der Waals surface area contributed by atoms with Gasteiger partial charge in [-0.15, -0.1) is 11.3 Å². The molecule has 1 heterocycles. The monoisotopic (exact) mass is 240 g/mol. The number of hydrogen-bond donors (Lipinski definition) is 1. The molecule has 1 saturated carbocycles. The minimum absolute atomic E-state index is 0.0912. The van der Waals surface area contributed by atoms with Gasteiger partial charge in [-0.05, 0) is 39.7 Å². The van der Waals surface area contributed by atoms with Gasteiger partial charge in [0.25, 0.3) is 0 Å². The van der Waals surface area contributed by atoms with Crippen molar-refractivity contribution >= 4 is 11.3 Å². The fourth-order valence-electron chi connectivity index (χ4n) is 2.46. The molecule has 0 radical (unpaired) electrons. The molecule has 0 atom stereocenters. The number of methoxy groups -OCH3 is 1. The van der Waals surface area contributed by atoms with Crippen molar-refractivity contribution < 1.29 is 4.74 Å². The van der Waals surface area contributed by atoms with Crippen LogP contribution in [0.4, 0.5) is 0 Å². The molecular formula is C12H20N2OS. The molecule has 0 saturated heterocycles. The van der Waals surface area contributed by atoms with Crippen molar-refractivity contribution in [2.24, 2.45) is 0 Å². The number of ether oxygens (including phenoxy) is 1. The molecule has 0 amide bonds. The van der Waals surface area contributed by atoms with E-state index in [0.29, 0.717) is 6.10 Å². The van der Waals surface area contributed by atoms with E-state index in [0.717, 1.165) is 31.4 Å². The van der Waals surface area contributed by atoms with E-state index in [2.05, 4.69) is 22.6 Å². The Morgan fingerprint density at radius 3 is 2.62 bits per heavy atom. The van der Waals surface area contributed by atoms with Crippen molar-refractivity contribution in [3.8, 4) is 0 Å². The van der Waals surface area contributed by atoms with Gasteiger partial charge in [-0.3, -0.25) is 0 Å². The summed E-state index contributed by atoms with van der Waals surface area (Å²) in [5.41, 5.74) is 1.22. The molecule has 0 unspecified atom stereocenters. The van der Waals surface area contributed by atoms with E-state index >= 15 is 0 Å². The van der Waals surface area contributed by atoms with Gasteiger partial charge < -0.3 is 10.1 Å². The summed E-state index contributed by atoms with van der Waals surface area (Å²) in [6.45, 7) is 2.06. The lowest BCUT2D eigenvalue weighted by Gasteiger charge is -2.38. The molecule has 1 aliphatic rings. The second-order valence-corrected chi connectivity index (χ2v) is 5.42. The molecule has 0 aliphatic heterocycles. The molecular weight excluding hydrogens is 220 g/mol. The fraction of sp³-hybridized carbons (Fsp3) is 0.750. The van der Waals surface area contributed by atoms with Gasteiger partial charge in [0.05, 0.1) is 11.6 Å². The zero-order valence-corrected chi connectivity index (χ0v) is 11.1. The Morgan fingerprint density at radius 1 is 1.50 bits per heavy atom. The standard InChI is InChI=1S/C12H20N2OS/c1-9-8-16-11(14-9)12(13-2)6-4-10(15-3)5-7-12/h8,10,13H,4-7H2,1-3H3. The normalized spacial score (nSPS) is 30.6. The molecule has 1 aromatic rings. The summed E-state index contributed by atoms with van der Waals surface area (Å²) >= 11 is 1.77. The summed E-state index contributed by atoms with van der Waals surface area (Å²) in [7, 11) is 3.86. The van der Waals surface area contributed by atoms with Crippen molar-refractivity contribution in [2.75, 3.05) is 14.2 Å². The number of aromatic nitrogens is 1. The Kier molecular flexibility index (Phi) is 3.62. The van der Waals surface area contributed by atoms with E-state index in [4.69, 9.17) is 4.74 Å². The quantitative estimate of drug-likeness (QED) is 0.881. The molecule has 0 aromatic carbocycles. The van der Waals surface area contributed by atoms with E-state index in [1.807, 2.05) is 14.2 Å². The Morgan fingerprint density at radius 2 is 2.19 bits per heavy atom. The van der Waals surface area contributed by atoms with E-state index in [-0.39, 0.29) is 5.54 Å². The fourth-order valence-corrected chi connectivity index (χ4v) is 3.53. The Labute approximate surface area is 101 Å². The van der Waals surface area contributed by atoms with Crippen molar-refractivity contribution in [1.29, 1.82) is 0 Å². The number of hydrogen-bond acceptors (Lipinski definition) is 4. The molecule has 1 aliphatic carbocycles. The lowest BCUT2D eigenvalue weighted by Crippen LogP contribution is -2.44. The topological polar surface area (TPSA) is 34.2 Å². The van der Waals surface area contributed by atoms with E-state index in [1.54, 1.807) is 11.3 Å². The van der Waals surface area contributed by atoms with Gasteiger partial charge >= 0.3 is 0 Å². The smallest absolute Gasteiger partial charge is 0.113 e. The summed E-state index contributed by atoms with van der Waals surface area (Å²) < 4.78 is 5.43. The van der Waals surface area contributed by atoms with Crippen molar-refractivity contribution in [2.45, 2.75) is 44.2 Å². The van der Waals surface area contributed by atoms with Gasteiger partial charge in [0.1, 0.15) is 5.01 Å². The summed E-state index contributed by atoms with van der Waals surface area (Å²) in [5, 5.41) is 6.86. The van der Waals surface area contributed by atoms with Gasteiger partial charge in [0.15, 0.2) is 0 Å². The average molecular weight is 240 g/mol. The number of rotatable bonds is 3. The van der Waals surface area contributed by atoms with Crippen LogP contribution in [0.25, 0.3) is 0 Å². The largest absolute Gasteiger partial charge is 0.381 e. The molecule has 4 heteroatoms. The molecule has 1 N–H and O–H groups in total. The lowest BCUT2D eigenvalue weighted by molar-refractivity contribution is 0.0422. The van der Waals surface area contributed by atoms with E-state index in [9.17, 15) is 0 Å². The maximum atomic E-state index is 5.43. The van der Waals surface area contributed by atoms with Crippen LogP contribution in [0, 0.1) is 6.92 Å². The Bertz CT molecular complexity index is 343. The first kappa shape index (κ1) is 12.0. The van der Waals surface area contributed by atoms with Gasteiger partial charge in [0, 0.05) is 18.2 Å². The molecule has 3 nitrogen and oxygen atoms in total. The minimum Gasteiger partial charge on any atom is -0.381 e. The molecule has 16 heavy (non-hydrogen) atoms. The number of aryl methyl sites for hydroxylation is 1. The van der Waals surface area contributed by atoms with Crippen molar-refractivity contribution in [3.05, 3.63) is 16.1 Å². The maximum absolute atomic E-state index is 5.43. The van der Waals surface area contributed by atoms with Crippen molar-refractivity contribution in [3.63, 3.8) is 0 Å². The van der Waals surface area contributed by atoms with Crippen LogP contribution in [0.2, 0.25) is 0 Å². The van der Waals surface area contributed by atoms with Crippen LogP contribution in [-0.4, -0.2) is 25.2 Å². The SMILES string of the molecule is CNC1(c2nc(C)cs2)CCC(OC)CC1.